The van der Waals surface area contributed by atoms with Crippen molar-refractivity contribution in [1.29, 1.82) is 0 Å². The van der Waals surface area contributed by atoms with Gasteiger partial charge in [0.2, 0.25) is 5.91 Å². The Morgan fingerprint density at radius 1 is 1.35 bits per heavy atom. The lowest BCUT2D eigenvalue weighted by Gasteiger charge is -2.23. The monoisotopic (exact) mass is 342 g/mol. The van der Waals surface area contributed by atoms with Gasteiger partial charge in [-0.05, 0) is 31.5 Å². The summed E-state index contributed by atoms with van der Waals surface area (Å²) >= 11 is 3.36. The summed E-state index contributed by atoms with van der Waals surface area (Å²) in [6.45, 7) is 4.81. The lowest BCUT2D eigenvalue weighted by atomic mass is 9.92. The Kier molecular flexibility index (Phi) is 5.71. The summed E-state index contributed by atoms with van der Waals surface area (Å²) in [6, 6.07) is 4.89. The molecule has 0 spiro atoms. The van der Waals surface area contributed by atoms with Crippen molar-refractivity contribution in [3.05, 3.63) is 33.8 Å². The second-order valence-corrected chi connectivity index (χ2v) is 6.03. The molecule has 1 aromatic carbocycles. The largest absolute Gasteiger partial charge is 0.478 e. The van der Waals surface area contributed by atoms with Crippen LogP contribution in [0.25, 0.3) is 0 Å². The van der Waals surface area contributed by atoms with E-state index in [1.165, 1.54) is 0 Å². The molecular weight excluding hydrogens is 324 g/mol. The second kappa shape index (κ2) is 6.85. The van der Waals surface area contributed by atoms with Crippen LogP contribution >= 0.6 is 15.9 Å². The fourth-order valence-corrected chi connectivity index (χ4v) is 2.27. The lowest BCUT2D eigenvalue weighted by molar-refractivity contribution is -0.128. The third-order valence-electron chi connectivity index (χ3n) is 3.02. The highest BCUT2D eigenvalue weighted by molar-refractivity contribution is 9.10. The number of rotatable bonds is 6. The first-order chi connectivity index (χ1) is 9.27. The summed E-state index contributed by atoms with van der Waals surface area (Å²) in [5.74, 6) is -0.976. The van der Waals surface area contributed by atoms with E-state index in [0.717, 1.165) is 10.0 Å². The van der Waals surface area contributed by atoms with Gasteiger partial charge in [0.05, 0.1) is 11.0 Å². The number of carboxylic acid groups (broad SMARTS) is 1. The number of amides is 1. The molecule has 0 aliphatic carbocycles. The van der Waals surface area contributed by atoms with Crippen LogP contribution < -0.4 is 10.6 Å². The number of hydrogen-bond donors (Lipinski definition) is 3. The van der Waals surface area contributed by atoms with Crippen LogP contribution in [0.15, 0.2) is 22.7 Å². The van der Waals surface area contributed by atoms with Crippen molar-refractivity contribution in [1.82, 2.24) is 10.6 Å². The highest BCUT2D eigenvalue weighted by Crippen LogP contribution is 2.19. The van der Waals surface area contributed by atoms with Crippen LogP contribution in [0.2, 0.25) is 0 Å². The molecule has 6 heteroatoms. The summed E-state index contributed by atoms with van der Waals surface area (Å²) in [4.78, 5) is 22.5. The fourth-order valence-electron chi connectivity index (χ4n) is 1.75. The number of carboxylic acids is 1. The maximum Gasteiger partial charge on any atom is 0.335 e. The van der Waals surface area contributed by atoms with Gasteiger partial charge < -0.3 is 15.7 Å². The molecule has 0 aromatic heterocycles. The molecule has 1 rings (SSSR count). The zero-order chi connectivity index (χ0) is 15.3. The Bertz CT molecular complexity index is 515. The van der Waals surface area contributed by atoms with E-state index in [0.29, 0.717) is 13.1 Å². The van der Waals surface area contributed by atoms with Crippen molar-refractivity contribution in [2.75, 3.05) is 13.6 Å². The number of nitrogens with one attached hydrogen (secondary N) is 2. The molecule has 0 fully saturated rings. The summed E-state index contributed by atoms with van der Waals surface area (Å²) in [5.41, 5.74) is 0.691. The van der Waals surface area contributed by atoms with Gasteiger partial charge in [-0.15, -0.1) is 0 Å². The van der Waals surface area contributed by atoms with Crippen LogP contribution in [0.3, 0.4) is 0 Å². The molecule has 0 radical (unpaired) electrons. The highest BCUT2D eigenvalue weighted by Gasteiger charge is 2.25. The molecule has 0 saturated carbocycles. The lowest BCUT2D eigenvalue weighted by Crippen LogP contribution is -2.41. The van der Waals surface area contributed by atoms with Gasteiger partial charge in [0.25, 0.3) is 0 Å². The van der Waals surface area contributed by atoms with Crippen LogP contribution in [0, 0.1) is 5.41 Å². The summed E-state index contributed by atoms with van der Waals surface area (Å²) in [7, 11) is 1.62. The van der Waals surface area contributed by atoms with E-state index in [1.807, 2.05) is 13.8 Å². The van der Waals surface area contributed by atoms with Crippen molar-refractivity contribution >= 4 is 27.8 Å². The average molecular weight is 343 g/mol. The van der Waals surface area contributed by atoms with E-state index < -0.39 is 11.4 Å². The Labute approximate surface area is 126 Å². The minimum Gasteiger partial charge on any atom is -0.478 e. The van der Waals surface area contributed by atoms with E-state index in [1.54, 1.807) is 25.2 Å². The standard InChI is InChI=1S/C14H19BrN2O3/c1-14(2,13(20)16-3)8-17-7-10-5-4-9(12(18)19)6-11(10)15/h4-6,17H,7-8H2,1-3H3,(H,16,20)(H,18,19). The molecule has 0 bridgehead atoms. The van der Waals surface area contributed by atoms with Gasteiger partial charge in [0.15, 0.2) is 0 Å². The third kappa shape index (κ3) is 4.31. The van der Waals surface area contributed by atoms with Crippen LogP contribution in [-0.4, -0.2) is 30.6 Å². The predicted molar refractivity (Wildman–Crippen MR) is 80.7 cm³/mol. The first kappa shape index (κ1) is 16.7. The molecule has 1 aromatic rings. The van der Waals surface area contributed by atoms with Crippen molar-refractivity contribution in [2.45, 2.75) is 20.4 Å². The second-order valence-electron chi connectivity index (χ2n) is 5.18. The summed E-state index contributed by atoms with van der Waals surface area (Å²) in [5, 5.41) is 14.7. The molecule has 5 nitrogen and oxygen atoms in total. The minimum atomic E-state index is -0.953. The van der Waals surface area contributed by atoms with Gasteiger partial charge in [-0.3, -0.25) is 4.79 Å². The highest BCUT2D eigenvalue weighted by atomic mass is 79.9. The van der Waals surface area contributed by atoms with E-state index in [2.05, 4.69) is 26.6 Å². The van der Waals surface area contributed by atoms with Crippen molar-refractivity contribution in [2.24, 2.45) is 5.41 Å². The number of aromatic carboxylic acids is 1. The van der Waals surface area contributed by atoms with Gasteiger partial charge in [-0.25, -0.2) is 4.79 Å². The fraction of sp³-hybridized carbons (Fsp3) is 0.429. The first-order valence-corrected chi connectivity index (χ1v) is 7.02. The molecule has 0 atom stereocenters. The van der Waals surface area contributed by atoms with Gasteiger partial charge in [-0.2, -0.15) is 0 Å². The molecule has 0 unspecified atom stereocenters. The van der Waals surface area contributed by atoms with E-state index in [4.69, 9.17) is 5.11 Å². The Hall–Kier alpha value is -1.40. The van der Waals surface area contributed by atoms with E-state index in [-0.39, 0.29) is 11.5 Å². The van der Waals surface area contributed by atoms with E-state index >= 15 is 0 Å². The maximum absolute atomic E-state index is 11.6. The summed E-state index contributed by atoms with van der Waals surface area (Å²) in [6.07, 6.45) is 0. The van der Waals surface area contributed by atoms with Crippen molar-refractivity contribution in [3.8, 4) is 0 Å². The molecule has 110 valence electrons. The Balaban J connectivity index is 2.63. The molecule has 3 N–H and O–H groups in total. The normalized spacial score (nSPS) is 11.2. The topological polar surface area (TPSA) is 78.4 Å². The molecule has 1 amide bonds. The molecule has 20 heavy (non-hydrogen) atoms. The van der Waals surface area contributed by atoms with Crippen LogP contribution in [0.1, 0.15) is 29.8 Å². The third-order valence-corrected chi connectivity index (χ3v) is 3.76. The van der Waals surface area contributed by atoms with Crippen molar-refractivity contribution < 1.29 is 14.7 Å². The van der Waals surface area contributed by atoms with E-state index in [9.17, 15) is 9.59 Å². The SMILES string of the molecule is CNC(=O)C(C)(C)CNCc1ccc(C(=O)O)cc1Br. The predicted octanol–water partition coefficient (Wildman–Crippen LogP) is 2.01. The number of carbonyl (C=O) groups is 2. The van der Waals surface area contributed by atoms with Crippen LogP contribution in [-0.2, 0) is 11.3 Å². The van der Waals surface area contributed by atoms with Crippen LogP contribution in [0.5, 0.6) is 0 Å². The maximum atomic E-state index is 11.6. The van der Waals surface area contributed by atoms with Crippen molar-refractivity contribution in [3.63, 3.8) is 0 Å². The Morgan fingerprint density at radius 3 is 2.50 bits per heavy atom. The van der Waals surface area contributed by atoms with Gasteiger partial charge in [-0.1, -0.05) is 22.0 Å². The Morgan fingerprint density at radius 2 is 2.00 bits per heavy atom. The average Bonchev–Trinajstić information content (AvgIpc) is 2.39. The number of halogens is 1. The molecule has 0 heterocycles. The smallest absolute Gasteiger partial charge is 0.335 e. The van der Waals surface area contributed by atoms with Gasteiger partial charge in [0.1, 0.15) is 0 Å². The molecule has 0 aliphatic rings. The van der Waals surface area contributed by atoms with Crippen LogP contribution in [0.4, 0.5) is 0 Å². The summed E-state index contributed by atoms with van der Waals surface area (Å²) < 4.78 is 0.739. The molecule has 0 saturated heterocycles. The number of benzene rings is 1. The molecular formula is C14H19BrN2O3. The number of hydrogen-bond acceptors (Lipinski definition) is 3. The quantitative estimate of drug-likeness (QED) is 0.738. The molecule has 0 aliphatic heterocycles. The first-order valence-electron chi connectivity index (χ1n) is 6.22. The zero-order valence-electron chi connectivity index (χ0n) is 11.8. The zero-order valence-corrected chi connectivity index (χ0v) is 13.4. The van der Waals surface area contributed by atoms with Gasteiger partial charge >= 0.3 is 5.97 Å². The van der Waals surface area contributed by atoms with Gasteiger partial charge in [0, 0.05) is 24.6 Å². The number of carbonyl (C=O) groups excluding carboxylic acids is 1. The minimum absolute atomic E-state index is 0.0229.